The summed E-state index contributed by atoms with van der Waals surface area (Å²) in [5.41, 5.74) is 1.13. The van der Waals surface area contributed by atoms with Crippen molar-refractivity contribution in [3.05, 3.63) is 23.9 Å². The Labute approximate surface area is 164 Å². The minimum absolute atomic E-state index is 0. The quantitative estimate of drug-likeness (QED) is 0.345. The van der Waals surface area contributed by atoms with E-state index in [0.717, 1.165) is 49.9 Å². The number of anilines is 1. The summed E-state index contributed by atoms with van der Waals surface area (Å²) in [4.78, 5) is 11.4. The number of aromatic nitrogens is 1. The van der Waals surface area contributed by atoms with Gasteiger partial charge >= 0.3 is 0 Å². The van der Waals surface area contributed by atoms with Crippen molar-refractivity contribution in [1.29, 1.82) is 0 Å². The fourth-order valence-corrected chi connectivity index (χ4v) is 2.24. The molecule has 6 heteroatoms. The van der Waals surface area contributed by atoms with Crippen LogP contribution in [-0.4, -0.2) is 37.1 Å². The number of hydrogen-bond donors (Lipinski definition) is 2. The largest absolute Gasteiger partial charge is 0.357 e. The molecule has 0 aliphatic heterocycles. The molecule has 0 bridgehead atoms. The monoisotopic (exact) mass is 447 g/mol. The number of pyridine rings is 1. The molecule has 0 radical (unpaired) electrons. The number of halogens is 1. The molecule has 0 aliphatic carbocycles. The first-order valence-corrected chi connectivity index (χ1v) is 8.82. The second-order valence-electron chi connectivity index (χ2n) is 6.00. The topological polar surface area (TPSA) is 52.6 Å². The number of nitrogens with zero attached hydrogens (tertiary/aromatic N) is 3. The zero-order chi connectivity index (χ0) is 17.1. The molecule has 0 aromatic carbocycles. The van der Waals surface area contributed by atoms with Gasteiger partial charge in [0.05, 0.1) is 6.54 Å². The Balaban J connectivity index is 0.00000529. The highest BCUT2D eigenvalue weighted by molar-refractivity contribution is 14.0. The molecular formula is C18H34IN5. The van der Waals surface area contributed by atoms with Crippen LogP contribution in [0.5, 0.6) is 0 Å². The number of rotatable bonds is 9. The predicted octanol–water partition coefficient (Wildman–Crippen LogP) is 3.65. The summed E-state index contributed by atoms with van der Waals surface area (Å²) < 4.78 is 0. The zero-order valence-electron chi connectivity index (χ0n) is 15.8. The molecule has 2 N–H and O–H groups in total. The molecule has 138 valence electrons. The van der Waals surface area contributed by atoms with Gasteiger partial charge in [-0.2, -0.15) is 0 Å². The van der Waals surface area contributed by atoms with Crippen LogP contribution in [0.3, 0.4) is 0 Å². The summed E-state index contributed by atoms with van der Waals surface area (Å²) in [6.07, 6.45) is 3.07. The van der Waals surface area contributed by atoms with Crippen LogP contribution in [0.4, 0.5) is 5.82 Å². The van der Waals surface area contributed by atoms with E-state index in [0.29, 0.717) is 12.5 Å². The second kappa shape index (κ2) is 13.3. The number of nitrogens with one attached hydrogen (secondary N) is 2. The fraction of sp³-hybridized carbons (Fsp3) is 0.667. The predicted molar refractivity (Wildman–Crippen MR) is 115 cm³/mol. The van der Waals surface area contributed by atoms with E-state index in [4.69, 9.17) is 0 Å². The van der Waals surface area contributed by atoms with Crippen molar-refractivity contribution in [3.8, 4) is 0 Å². The molecular weight excluding hydrogens is 413 g/mol. The van der Waals surface area contributed by atoms with Crippen molar-refractivity contribution in [2.45, 2.75) is 47.6 Å². The number of guanidine groups is 1. The van der Waals surface area contributed by atoms with Gasteiger partial charge in [-0.15, -0.1) is 24.0 Å². The molecule has 0 saturated heterocycles. The summed E-state index contributed by atoms with van der Waals surface area (Å²) in [6.45, 7) is 15.3. The Morgan fingerprint density at radius 2 is 1.88 bits per heavy atom. The maximum atomic E-state index is 4.64. The third kappa shape index (κ3) is 8.70. The van der Waals surface area contributed by atoms with Crippen LogP contribution in [0.1, 0.15) is 46.6 Å². The first-order valence-electron chi connectivity index (χ1n) is 8.82. The van der Waals surface area contributed by atoms with Gasteiger partial charge in [-0.25, -0.2) is 9.98 Å². The van der Waals surface area contributed by atoms with Crippen LogP contribution >= 0.6 is 24.0 Å². The van der Waals surface area contributed by atoms with Gasteiger partial charge in [0.25, 0.3) is 0 Å². The Morgan fingerprint density at radius 1 is 1.17 bits per heavy atom. The Bertz CT molecular complexity index is 455. The Kier molecular flexibility index (Phi) is 12.7. The lowest BCUT2D eigenvalue weighted by atomic mass is 10.1. The average Bonchev–Trinajstić information content (AvgIpc) is 2.54. The number of hydrogen-bond acceptors (Lipinski definition) is 3. The molecule has 24 heavy (non-hydrogen) atoms. The maximum Gasteiger partial charge on any atom is 0.191 e. The van der Waals surface area contributed by atoms with Gasteiger partial charge in [0, 0.05) is 32.4 Å². The lowest BCUT2D eigenvalue weighted by Gasteiger charge is -2.19. The summed E-state index contributed by atoms with van der Waals surface area (Å²) >= 11 is 0. The van der Waals surface area contributed by atoms with Crippen molar-refractivity contribution in [3.63, 3.8) is 0 Å². The third-order valence-corrected chi connectivity index (χ3v) is 3.67. The standard InChI is InChI=1S/C18H33N5.HI/c1-6-19-18(20-12-11-15(4)5)22-14-16-9-10-17(21-13-16)23(7-2)8-3;/h9-10,13,15H,6-8,11-12,14H2,1-5H3,(H2,19,20,22);1H. The molecule has 0 spiro atoms. The molecule has 5 nitrogen and oxygen atoms in total. The van der Waals surface area contributed by atoms with Crippen molar-refractivity contribution in [1.82, 2.24) is 15.6 Å². The lowest BCUT2D eigenvalue weighted by molar-refractivity contribution is 0.573. The van der Waals surface area contributed by atoms with Crippen LogP contribution in [0.25, 0.3) is 0 Å². The molecule has 0 atom stereocenters. The Hall–Kier alpha value is -1.05. The van der Waals surface area contributed by atoms with Crippen molar-refractivity contribution < 1.29 is 0 Å². The minimum atomic E-state index is 0. The van der Waals surface area contributed by atoms with E-state index in [1.165, 1.54) is 0 Å². The lowest BCUT2D eigenvalue weighted by Crippen LogP contribution is -2.38. The van der Waals surface area contributed by atoms with E-state index in [-0.39, 0.29) is 24.0 Å². The summed E-state index contributed by atoms with van der Waals surface area (Å²) in [5, 5.41) is 6.67. The van der Waals surface area contributed by atoms with Gasteiger partial charge < -0.3 is 15.5 Å². The fourth-order valence-electron chi connectivity index (χ4n) is 2.24. The van der Waals surface area contributed by atoms with E-state index >= 15 is 0 Å². The average molecular weight is 447 g/mol. The van der Waals surface area contributed by atoms with E-state index in [9.17, 15) is 0 Å². The molecule has 1 aromatic rings. The minimum Gasteiger partial charge on any atom is -0.357 e. The molecule has 1 aromatic heterocycles. The van der Waals surface area contributed by atoms with Gasteiger partial charge in [-0.1, -0.05) is 19.9 Å². The van der Waals surface area contributed by atoms with Crippen LogP contribution in [0, 0.1) is 5.92 Å². The highest BCUT2D eigenvalue weighted by Gasteiger charge is 2.03. The molecule has 0 unspecified atom stereocenters. The Morgan fingerprint density at radius 3 is 2.38 bits per heavy atom. The zero-order valence-corrected chi connectivity index (χ0v) is 18.1. The van der Waals surface area contributed by atoms with Crippen LogP contribution in [0.15, 0.2) is 23.3 Å². The van der Waals surface area contributed by atoms with Crippen LogP contribution < -0.4 is 15.5 Å². The van der Waals surface area contributed by atoms with Crippen LogP contribution in [-0.2, 0) is 6.54 Å². The van der Waals surface area contributed by atoms with Crippen molar-refractivity contribution >= 4 is 35.8 Å². The smallest absolute Gasteiger partial charge is 0.191 e. The van der Waals surface area contributed by atoms with E-state index in [1.807, 2.05) is 6.20 Å². The summed E-state index contributed by atoms with van der Waals surface area (Å²) in [6, 6.07) is 4.19. The van der Waals surface area contributed by atoms with E-state index in [1.54, 1.807) is 0 Å². The van der Waals surface area contributed by atoms with Gasteiger partial charge in [-0.05, 0) is 44.7 Å². The molecule has 0 aliphatic rings. The van der Waals surface area contributed by atoms with Crippen molar-refractivity contribution in [2.75, 3.05) is 31.1 Å². The highest BCUT2D eigenvalue weighted by atomic mass is 127. The van der Waals surface area contributed by atoms with Crippen molar-refractivity contribution in [2.24, 2.45) is 10.9 Å². The first-order chi connectivity index (χ1) is 11.1. The van der Waals surface area contributed by atoms with Gasteiger partial charge in [0.1, 0.15) is 5.82 Å². The first kappa shape index (κ1) is 22.9. The van der Waals surface area contributed by atoms with E-state index < -0.39 is 0 Å². The molecule has 1 rings (SSSR count). The highest BCUT2D eigenvalue weighted by Crippen LogP contribution is 2.11. The van der Waals surface area contributed by atoms with Gasteiger partial charge in [0.15, 0.2) is 5.96 Å². The second-order valence-corrected chi connectivity index (χ2v) is 6.00. The molecule has 0 fully saturated rings. The molecule has 0 saturated carbocycles. The van der Waals surface area contributed by atoms with Gasteiger partial charge in [-0.3, -0.25) is 0 Å². The van der Waals surface area contributed by atoms with Crippen LogP contribution in [0.2, 0.25) is 0 Å². The molecule has 1 heterocycles. The SMILES string of the molecule is CCNC(=NCc1ccc(N(CC)CC)nc1)NCCC(C)C.I. The molecule has 0 amide bonds. The summed E-state index contributed by atoms with van der Waals surface area (Å²) in [5.74, 6) is 2.60. The normalized spacial score (nSPS) is 11.2. The van der Waals surface area contributed by atoms with Gasteiger partial charge in [0.2, 0.25) is 0 Å². The number of aliphatic imine (C=N–C) groups is 1. The summed E-state index contributed by atoms with van der Waals surface area (Å²) in [7, 11) is 0. The van der Waals surface area contributed by atoms with E-state index in [2.05, 4.69) is 72.3 Å². The third-order valence-electron chi connectivity index (χ3n) is 3.67. The maximum absolute atomic E-state index is 4.64.